The Bertz CT molecular complexity index is 734. The Kier molecular flexibility index (Phi) is 2.85. The van der Waals surface area contributed by atoms with Gasteiger partial charge in [-0.25, -0.2) is 4.98 Å². The van der Waals surface area contributed by atoms with Gasteiger partial charge in [-0.2, -0.15) is 0 Å². The molecule has 1 unspecified atom stereocenters. The minimum atomic E-state index is -0.448. The molecule has 0 saturated heterocycles. The second kappa shape index (κ2) is 4.56. The number of hydrogen-bond donors (Lipinski definition) is 0. The van der Waals surface area contributed by atoms with Gasteiger partial charge in [-0.1, -0.05) is 6.92 Å². The number of fused-ring (bicyclic) bond motifs is 1. The molecule has 1 aromatic heterocycles. The molecule has 20 heavy (non-hydrogen) atoms. The summed E-state index contributed by atoms with van der Waals surface area (Å²) in [5.74, 6) is 1.21. The summed E-state index contributed by atoms with van der Waals surface area (Å²) >= 11 is 0. The standard InChI is InChI=1S/C14H13N3O3/c1-9-6-13-15-12(7-14(18)16(13)8-9)10-2-4-11(5-3-10)17(19)20/h2-5,7,9H,6,8H2,1H3. The van der Waals surface area contributed by atoms with Crippen LogP contribution >= 0.6 is 0 Å². The molecule has 1 aliphatic heterocycles. The van der Waals surface area contributed by atoms with Crippen LogP contribution in [0.5, 0.6) is 0 Å². The van der Waals surface area contributed by atoms with Gasteiger partial charge in [0.05, 0.1) is 10.6 Å². The third-order valence-electron chi connectivity index (χ3n) is 3.49. The number of nitro groups is 1. The van der Waals surface area contributed by atoms with Crippen LogP contribution in [0.1, 0.15) is 12.7 Å². The second-order valence-corrected chi connectivity index (χ2v) is 5.12. The predicted molar refractivity (Wildman–Crippen MR) is 73.5 cm³/mol. The van der Waals surface area contributed by atoms with Crippen molar-refractivity contribution < 1.29 is 4.92 Å². The number of nitrogens with zero attached hydrogens (tertiary/aromatic N) is 3. The van der Waals surface area contributed by atoms with Gasteiger partial charge in [0.15, 0.2) is 0 Å². The van der Waals surface area contributed by atoms with Gasteiger partial charge >= 0.3 is 0 Å². The fourth-order valence-electron chi connectivity index (χ4n) is 2.49. The Labute approximate surface area is 114 Å². The van der Waals surface area contributed by atoms with Gasteiger partial charge in [-0.15, -0.1) is 0 Å². The van der Waals surface area contributed by atoms with Gasteiger partial charge in [0.25, 0.3) is 11.2 Å². The molecule has 0 spiro atoms. The van der Waals surface area contributed by atoms with E-state index in [1.54, 1.807) is 16.7 Å². The first-order chi connectivity index (χ1) is 9.54. The average Bonchev–Trinajstić information content (AvgIpc) is 2.80. The summed E-state index contributed by atoms with van der Waals surface area (Å²) in [6.07, 6.45) is 0.788. The average molecular weight is 271 g/mol. The minimum Gasteiger partial charge on any atom is -0.296 e. The van der Waals surface area contributed by atoms with E-state index >= 15 is 0 Å². The molecular weight excluding hydrogens is 258 g/mol. The molecule has 0 saturated carbocycles. The molecular formula is C14H13N3O3. The summed E-state index contributed by atoms with van der Waals surface area (Å²) in [7, 11) is 0. The highest BCUT2D eigenvalue weighted by Gasteiger charge is 2.20. The number of nitro benzene ring substituents is 1. The van der Waals surface area contributed by atoms with E-state index in [1.165, 1.54) is 18.2 Å². The fraction of sp³-hybridized carbons (Fsp3) is 0.286. The topological polar surface area (TPSA) is 78.0 Å². The summed E-state index contributed by atoms with van der Waals surface area (Å²) in [5, 5.41) is 10.6. The zero-order valence-electron chi connectivity index (χ0n) is 10.9. The predicted octanol–water partition coefficient (Wildman–Crippen LogP) is 2.01. The summed E-state index contributed by atoms with van der Waals surface area (Å²) in [6.45, 7) is 2.79. The second-order valence-electron chi connectivity index (χ2n) is 5.12. The SMILES string of the molecule is CC1Cc2nc(-c3ccc([N+](=O)[O-])cc3)cc(=O)n2C1. The van der Waals surface area contributed by atoms with Crippen LogP contribution in [0.2, 0.25) is 0 Å². The van der Waals surface area contributed by atoms with Crippen molar-refractivity contribution in [1.82, 2.24) is 9.55 Å². The van der Waals surface area contributed by atoms with Crippen molar-refractivity contribution in [3.63, 3.8) is 0 Å². The highest BCUT2D eigenvalue weighted by Crippen LogP contribution is 2.22. The molecule has 0 fully saturated rings. The molecule has 2 heterocycles. The Balaban J connectivity index is 2.03. The maximum Gasteiger partial charge on any atom is 0.269 e. The van der Waals surface area contributed by atoms with E-state index in [1.807, 2.05) is 0 Å². The van der Waals surface area contributed by atoms with Gasteiger partial charge in [0.2, 0.25) is 0 Å². The van der Waals surface area contributed by atoms with Crippen molar-refractivity contribution in [1.29, 1.82) is 0 Å². The molecule has 6 nitrogen and oxygen atoms in total. The quantitative estimate of drug-likeness (QED) is 0.618. The van der Waals surface area contributed by atoms with E-state index in [0.717, 1.165) is 17.8 Å². The molecule has 6 heteroatoms. The van der Waals surface area contributed by atoms with Gasteiger partial charge in [-0.05, 0) is 18.1 Å². The van der Waals surface area contributed by atoms with Crippen LogP contribution < -0.4 is 5.56 Å². The van der Waals surface area contributed by atoms with Gasteiger partial charge in [0, 0.05) is 36.7 Å². The number of benzene rings is 1. The number of rotatable bonds is 2. The highest BCUT2D eigenvalue weighted by molar-refractivity contribution is 5.60. The first kappa shape index (κ1) is 12.5. The van der Waals surface area contributed by atoms with E-state index in [0.29, 0.717) is 18.2 Å². The molecule has 0 N–H and O–H groups in total. The van der Waals surface area contributed by atoms with E-state index in [2.05, 4.69) is 11.9 Å². The molecule has 1 aliphatic rings. The molecule has 0 amide bonds. The monoisotopic (exact) mass is 271 g/mol. The Morgan fingerprint density at radius 3 is 2.70 bits per heavy atom. The van der Waals surface area contributed by atoms with Crippen molar-refractivity contribution in [2.45, 2.75) is 19.9 Å². The number of non-ortho nitro benzene ring substituents is 1. The number of aromatic nitrogens is 2. The maximum absolute atomic E-state index is 12.0. The normalized spacial score (nSPS) is 16.9. The molecule has 1 atom stereocenters. The third kappa shape index (κ3) is 2.09. The largest absolute Gasteiger partial charge is 0.296 e. The van der Waals surface area contributed by atoms with Crippen LogP contribution in [0.25, 0.3) is 11.3 Å². The molecule has 0 aliphatic carbocycles. The molecule has 102 valence electrons. The molecule has 2 aromatic rings. The van der Waals surface area contributed by atoms with Crippen molar-refractivity contribution in [3.8, 4) is 11.3 Å². The molecule has 1 aromatic carbocycles. The van der Waals surface area contributed by atoms with Crippen LogP contribution in [-0.4, -0.2) is 14.5 Å². The van der Waals surface area contributed by atoms with E-state index in [4.69, 9.17) is 0 Å². The van der Waals surface area contributed by atoms with Crippen molar-refractivity contribution in [3.05, 3.63) is 56.6 Å². The number of hydrogen-bond acceptors (Lipinski definition) is 4. The molecule has 0 radical (unpaired) electrons. The van der Waals surface area contributed by atoms with Crippen molar-refractivity contribution in [2.75, 3.05) is 0 Å². The molecule has 3 rings (SSSR count). The van der Waals surface area contributed by atoms with Crippen molar-refractivity contribution in [2.24, 2.45) is 5.92 Å². The lowest BCUT2D eigenvalue weighted by Gasteiger charge is -2.05. The molecule has 0 bridgehead atoms. The zero-order valence-corrected chi connectivity index (χ0v) is 10.9. The minimum absolute atomic E-state index is 0.0280. The van der Waals surface area contributed by atoms with Crippen LogP contribution in [0.4, 0.5) is 5.69 Å². The fourth-order valence-corrected chi connectivity index (χ4v) is 2.49. The summed E-state index contributed by atoms with van der Waals surface area (Å²) < 4.78 is 1.69. The summed E-state index contributed by atoms with van der Waals surface area (Å²) in [6, 6.07) is 7.57. The zero-order chi connectivity index (χ0) is 14.3. The lowest BCUT2D eigenvalue weighted by molar-refractivity contribution is -0.384. The highest BCUT2D eigenvalue weighted by atomic mass is 16.6. The summed E-state index contributed by atoms with van der Waals surface area (Å²) in [4.78, 5) is 26.7. The Hall–Kier alpha value is -2.50. The van der Waals surface area contributed by atoms with E-state index < -0.39 is 4.92 Å². The van der Waals surface area contributed by atoms with Crippen LogP contribution in [0.15, 0.2) is 35.1 Å². The van der Waals surface area contributed by atoms with Crippen LogP contribution in [0.3, 0.4) is 0 Å². The van der Waals surface area contributed by atoms with E-state index in [-0.39, 0.29) is 11.2 Å². The van der Waals surface area contributed by atoms with Gasteiger partial charge < -0.3 is 0 Å². The lowest BCUT2D eigenvalue weighted by atomic mass is 10.1. The Morgan fingerprint density at radius 1 is 1.35 bits per heavy atom. The smallest absolute Gasteiger partial charge is 0.269 e. The Morgan fingerprint density at radius 2 is 2.05 bits per heavy atom. The van der Waals surface area contributed by atoms with Crippen LogP contribution in [-0.2, 0) is 13.0 Å². The summed E-state index contributed by atoms with van der Waals surface area (Å²) in [5.41, 5.74) is 1.26. The third-order valence-corrected chi connectivity index (χ3v) is 3.49. The first-order valence-corrected chi connectivity index (χ1v) is 6.40. The lowest BCUT2D eigenvalue weighted by Crippen LogP contribution is -2.20. The van der Waals surface area contributed by atoms with Gasteiger partial charge in [0.1, 0.15) is 5.82 Å². The first-order valence-electron chi connectivity index (χ1n) is 6.40. The van der Waals surface area contributed by atoms with E-state index in [9.17, 15) is 14.9 Å². The van der Waals surface area contributed by atoms with Crippen molar-refractivity contribution >= 4 is 5.69 Å². The van der Waals surface area contributed by atoms with Crippen LogP contribution in [0, 0.1) is 16.0 Å². The maximum atomic E-state index is 12.0. The van der Waals surface area contributed by atoms with Gasteiger partial charge in [-0.3, -0.25) is 19.5 Å².